The van der Waals surface area contributed by atoms with E-state index in [1.165, 1.54) is 18.3 Å². The van der Waals surface area contributed by atoms with Gasteiger partial charge in [-0.25, -0.2) is 18.9 Å². The molecule has 2 unspecified atom stereocenters. The van der Waals surface area contributed by atoms with Crippen LogP contribution >= 0.6 is 0 Å². The van der Waals surface area contributed by atoms with Crippen molar-refractivity contribution in [2.45, 2.75) is 26.3 Å². The van der Waals surface area contributed by atoms with Gasteiger partial charge in [-0.15, -0.1) is 0 Å². The summed E-state index contributed by atoms with van der Waals surface area (Å²) in [4.78, 5) is 30.6. The van der Waals surface area contributed by atoms with Crippen molar-refractivity contribution in [3.8, 4) is 11.4 Å². The van der Waals surface area contributed by atoms with Crippen LogP contribution in [0.3, 0.4) is 0 Å². The first kappa shape index (κ1) is 20.7. The number of aromatic nitrogens is 6. The van der Waals surface area contributed by atoms with Crippen LogP contribution in [0.4, 0.5) is 4.39 Å². The summed E-state index contributed by atoms with van der Waals surface area (Å²) < 4.78 is 15.5. The summed E-state index contributed by atoms with van der Waals surface area (Å²) in [6.45, 7) is 6.36. The third-order valence-corrected chi connectivity index (χ3v) is 6.71. The number of H-pyrrole nitrogens is 2. The number of hydrogen-bond donors (Lipinski definition) is 2. The van der Waals surface area contributed by atoms with E-state index in [2.05, 4.69) is 26.8 Å². The Hall–Kier alpha value is -3.85. The minimum atomic E-state index is -0.354. The van der Waals surface area contributed by atoms with Crippen LogP contribution in [0, 0.1) is 18.7 Å². The third kappa shape index (κ3) is 3.49. The van der Waals surface area contributed by atoms with E-state index >= 15 is 0 Å². The van der Waals surface area contributed by atoms with Crippen molar-refractivity contribution in [3.05, 3.63) is 82.0 Å². The van der Waals surface area contributed by atoms with Crippen LogP contribution < -0.4 is 5.56 Å². The number of hydrogen-bond acceptors (Lipinski definition) is 5. The molecule has 5 aromatic rings. The minimum Gasteiger partial charge on any atom is -0.341 e. The number of nitrogens with zero attached hydrogens (tertiary/aromatic N) is 5. The number of likely N-dealkylation sites (tertiary alicyclic amines) is 1. The van der Waals surface area contributed by atoms with Gasteiger partial charge < -0.3 is 9.97 Å². The van der Waals surface area contributed by atoms with E-state index in [1.807, 2.05) is 31.2 Å². The Morgan fingerprint density at radius 1 is 1.15 bits per heavy atom. The molecule has 8 nitrogen and oxygen atoms in total. The molecule has 1 fully saturated rings. The number of benzene rings is 2. The summed E-state index contributed by atoms with van der Waals surface area (Å²) in [7, 11) is 0. The van der Waals surface area contributed by atoms with Crippen molar-refractivity contribution in [3.63, 3.8) is 0 Å². The van der Waals surface area contributed by atoms with E-state index in [0.717, 1.165) is 35.5 Å². The number of nitrogens with one attached hydrogen (secondary N) is 2. The van der Waals surface area contributed by atoms with Crippen molar-refractivity contribution in [2.75, 3.05) is 13.1 Å². The quantitative estimate of drug-likeness (QED) is 0.430. The molecule has 0 amide bonds. The van der Waals surface area contributed by atoms with E-state index in [0.29, 0.717) is 29.3 Å². The summed E-state index contributed by atoms with van der Waals surface area (Å²) >= 11 is 0. The fourth-order valence-corrected chi connectivity index (χ4v) is 4.95. The Morgan fingerprint density at radius 3 is 2.85 bits per heavy atom. The Bertz CT molecular complexity index is 1550. The average Bonchev–Trinajstić information content (AvgIpc) is 3.51. The van der Waals surface area contributed by atoms with Gasteiger partial charge in [-0.05, 0) is 42.7 Å². The highest BCUT2D eigenvalue weighted by molar-refractivity contribution is 5.74. The molecule has 1 aliphatic heterocycles. The first-order chi connectivity index (χ1) is 16.5. The molecule has 172 valence electrons. The molecular formula is C25H24FN7O. The highest BCUT2D eigenvalue weighted by Crippen LogP contribution is 2.31. The van der Waals surface area contributed by atoms with Crippen molar-refractivity contribution in [1.29, 1.82) is 0 Å². The lowest BCUT2D eigenvalue weighted by Crippen LogP contribution is -2.23. The number of aromatic amines is 2. The minimum absolute atomic E-state index is 0.0466. The molecule has 0 spiro atoms. The molecule has 1 aliphatic rings. The zero-order valence-electron chi connectivity index (χ0n) is 18.9. The number of para-hydroxylation sites is 2. The Kier molecular flexibility index (Phi) is 4.80. The maximum absolute atomic E-state index is 13.9. The second-order valence-corrected chi connectivity index (χ2v) is 9.16. The molecule has 2 N–H and O–H groups in total. The number of aryl methyl sites for hydroxylation is 1. The predicted octanol–water partition coefficient (Wildman–Crippen LogP) is 3.64. The van der Waals surface area contributed by atoms with Crippen molar-refractivity contribution in [2.24, 2.45) is 5.92 Å². The molecule has 6 rings (SSSR count). The number of rotatable bonds is 4. The van der Waals surface area contributed by atoms with Crippen LogP contribution in [0.1, 0.15) is 30.1 Å². The molecule has 0 radical (unpaired) electrons. The largest absolute Gasteiger partial charge is 0.341 e. The molecule has 34 heavy (non-hydrogen) atoms. The summed E-state index contributed by atoms with van der Waals surface area (Å²) in [5.74, 6) is 1.98. The van der Waals surface area contributed by atoms with Crippen molar-refractivity contribution in [1.82, 2.24) is 34.4 Å². The Morgan fingerprint density at radius 2 is 2.00 bits per heavy atom. The Labute approximate surface area is 194 Å². The van der Waals surface area contributed by atoms with Gasteiger partial charge in [-0.2, -0.15) is 5.10 Å². The fourth-order valence-electron chi connectivity index (χ4n) is 4.95. The van der Waals surface area contributed by atoms with Crippen LogP contribution in [0.5, 0.6) is 0 Å². The predicted molar refractivity (Wildman–Crippen MR) is 127 cm³/mol. The van der Waals surface area contributed by atoms with Gasteiger partial charge in [-0.1, -0.05) is 25.1 Å². The molecule has 0 bridgehead atoms. The normalized spacial score (nSPS) is 18.9. The van der Waals surface area contributed by atoms with Crippen LogP contribution in [0.15, 0.2) is 53.5 Å². The van der Waals surface area contributed by atoms with E-state index in [1.54, 1.807) is 10.6 Å². The zero-order chi connectivity index (χ0) is 23.4. The van der Waals surface area contributed by atoms with E-state index in [9.17, 15) is 9.18 Å². The van der Waals surface area contributed by atoms with E-state index in [-0.39, 0.29) is 23.2 Å². The van der Waals surface area contributed by atoms with Gasteiger partial charge >= 0.3 is 0 Å². The SMILES string of the molecule is Cc1ccc(F)cc1-c1ncc2c(=O)[nH]c(C3CN(Cc4nc5ccccc5[nH]4)CC3C)nn12. The fraction of sp³-hybridized carbons (Fsp3) is 0.280. The van der Waals surface area contributed by atoms with Gasteiger partial charge in [0.2, 0.25) is 0 Å². The Balaban J connectivity index is 1.32. The van der Waals surface area contributed by atoms with Gasteiger partial charge in [0.05, 0.1) is 23.8 Å². The second kappa shape index (κ2) is 7.88. The van der Waals surface area contributed by atoms with Gasteiger partial charge in [-0.3, -0.25) is 9.69 Å². The van der Waals surface area contributed by atoms with Crippen molar-refractivity contribution < 1.29 is 4.39 Å². The van der Waals surface area contributed by atoms with Gasteiger partial charge in [0.1, 0.15) is 17.5 Å². The molecule has 0 saturated carbocycles. The lowest BCUT2D eigenvalue weighted by Gasteiger charge is -2.15. The van der Waals surface area contributed by atoms with Crippen LogP contribution in [0.2, 0.25) is 0 Å². The molecule has 4 heterocycles. The van der Waals surface area contributed by atoms with Crippen LogP contribution in [0.25, 0.3) is 27.9 Å². The van der Waals surface area contributed by atoms with Crippen LogP contribution in [-0.2, 0) is 6.54 Å². The molecule has 2 atom stereocenters. The summed E-state index contributed by atoms with van der Waals surface area (Å²) in [6, 6.07) is 12.5. The summed E-state index contributed by atoms with van der Waals surface area (Å²) in [5.41, 5.74) is 3.56. The third-order valence-electron chi connectivity index (χ3n) is 6.71. The number of imidazole rings is 2. The lowest BCUT2D eigenvalue weighted by atomic mass is 9.97. The topological polar surface area (TPSA) is 95.0 Å². The number of fused-ring (bicyclic) bond motifs is 2. The monoisotopic (exact) mass is 457 g/mol. The molecule has 1 saturated heterocycles. The number of halogens is 1. The van der Waals surface area contributed by atoms with Crippen molar-refractivity contribution >= 4 is 16.6 Å². The molecule has 0 aliphatic carbocycles. The first-order valence-electron chi connectivity index (χ1n) is 11.4. The van der Waals surface area contributed by atoms with Gasteiger partial charge in [0.25, 0.3) is 5.56 Å². The summed E-state index contributed by atoms with van der Waals surface area (Å²) in [6.07, 6.45) is 1.49. The molecule has 3 aromatic heterocycles. The highest BCUT2D eigenvalue weighted by atomic mass is 19.1. The van der Waals surface area contributed by atoms with E-state index < -0.39 is 0 Å². The highest BCUT2D eigenvalue weighted by Gasteiger charge is 2.33. The second-order valence-electron chi connectivity index (χ2n) is 9.16. The smallest absolute Gasteiger partial charge is 0.276 e. The average molecular weight is 458 g/mol. The zero-order valence-corrected chi connectivity index (χ0v) is 18.9. The first-order valence-corrected chi connectivity index (χ1v) is 11.4. The lowest BCUT2D eigenvalue weighted by molar-refractivity contribution is 0.311. The maximum Gasteiger partial charge on any atom is 0.276 e. The van der Waals surface area contributed by atoms with Gasteiger partial charge in [0, 0.05) is 24.6 Å². The molecule has 2 aromatic carbocycles. The summed E-state index contributed by atoms with van der Waals surface area (Å²) in [5, 5.41) is 4.78. The molecular weight excluding hydrogens is 433 g/mol. The van der Waals surface area contributed by atoms with Gasteiger partial charge in [0.15, 0.2) is 11.3 Å². The van der Waals surface area contributed by atoms with Crippen LogP contribution in [-0.4, -0.2) is 47.5 Å². The standard InChI is InChI=1S/C25H24FN7O/c1-14-7-8-16(26)9-17(14)24-27-10-21-25(34)30-23(31-33(21)24)18-12-32(11-15(18)2)13-22-28-19-5-3-4-6-20(19)29-22/h3-10,15,18H,11-13H2,1-2H3,(H,28,29)(H,30,31,34). The molecule has 9 heteroatoms. The maximum atomic E-state index is 13.9. The van der Waals surface area contributed by atoms with E-state index in [4.69, 9.17) is 10.1 Å².